The minimum atomic E-state index is -0.824. The zero-order valence-electron chi connectivity index (χ0n) is 9.07. The maximum absolute atomic E-state index is 11.1. The Morgan fingerprint density at radius 2 is 1.94 bits per heavy atom. The van der Waals surface area contributed by atoms with Gasteiger partial charge in [0.25, 0.3) is 0 Å². The second kappa shape index (κ2) is 11.4. The number of carbonyl (C=O) groups is 2. The third-order valence-electron chi connectivity index (χ3n) is 1.39. The number of carboxylic acids is 1. The lowest BCUT2D eigenvalue weighted by Gasteiger charge is -2.02. The molecule has 0 rings (SSSR count). The first-order valence-corrected chi connectivity index (χ1v) is 7.28. The van der Waals surface area contributed by atoms with Crippen LogP contribution in [0.4, 0.5) is 0 Å². The first-order valence-electron chi connectivity index (χ1n) is 4.79. The molecule has 96 valence electrons. The van der Waals surface area contributed by atoms with Crippen LogP contribution in [0, 0.1) is 0 Å². The van der Waals surface area contributed by atoms with Crippen molar-refractivity contribution in [1.29, 1.82) is 0 Å². The highest BCUT2D eigenvalue weighted by molar-refractivity contribution is 8.76. The second-order valence-electron chi connectivity index (χ2n) is 2.71. The first kappa shape index (κ1) is 16.0. The summed E-state index contributed by atoms with van der Waals surface area (Å²) < 4.78 is 4.77. The van der Waals surface area contributed by atoms with Crippen molar-refractivity contribution in [3.05, 3.63) is 10.4 Å². The Morgan fingerprint density at radius 1 is 1.29 bits per heavy atom. The molecule has 0 aliphatic carbocycles. The average Bonchev–Trinajstić information content (AvgIpc) is 2.29. The van der Waals surface area contributed by atoms with Crippen LogP contribution in [0.3, 0.4) is 0 Å². The van der Waals surface area contributed by atoms with Crippen LogP contribution in [0.5, 0.6) is 0 Å². The van der Waals surface area contributed by atoms with Crippen molar-refractivity contribution in [2.24, 2.45) is 5.11 Å². The van der Waals surface area contributed by atoms with E-state index in [1.54, 1.807) is 0 Å². The molecule has 0 aliphatic rings. The topological polar surface area (TPSA) is 112 Å². The van der Waals surface area contributed by atoms with Gasteiger partial charge >= 0.3 is 11.9 Å². The number of nitrogens with zero attached hydrogens (tertiary/aromatic N) is 3. The Hall–Kier alpha value is -1.05. The first-order chi connectivity index (χ1) is 8.16. The van der Waals surface area contributed by atoms with Crippen LogP contribution in [0.15, 0.2) is 5.11 Å². The summed E-state index contributed by atoms with van der Waals surface area (Å²) in [5, 5.41) is 11.6. The lowest BCUT2D eigenvalue weighted by molar-refractivity contribution is -0.142. The van der Waals surface area contributed by atoms with Crippen molar-refractivity contribution in [3.63, 3.8) is 0 Å². The number of carboxylic acid groups (broad SMARTS) is 1. The Bertz CT molecular complexity index is 294. The number of rotatable bonds is 10. The van der Waals surface area contributed by atoms with Crippen LogP contribution in [-0.2, 0) is 14.3 Å². The highest BCUT2D eigenvalue weighted by Crippen LogP contribution is 2.22. The monoisotopic (exact) mass is 279 g/mol. The molecular formula is C8H13N3O4S2. The molecule has 0 radical (unpaired) electrons. The fourth-order valence-electron chi connectivity index (χ4n) is 0.689. The number of carbonyl (C=O) groups excluding carboxylic acids is 1. The predicted molar refractivity (Wildman–Crippen MR) is 66.8 cm³/mol. The fraction of sp³-hybridized carbons (Fsp3) is 0.750. The third kappa shape index (κ3) is 12.9. The SMILES string of the molecule is [N-]=[N+]=NCCOC(=O)CCSSCCC(=O)O. The van der Waals surface area contributed by atoms with E-state index in [1.807, 2.05) is 0 Å². The number of aliphatic carboxylic acids is 1. The fourth-order valence-corrected chi connectivity index (χ4v) is 2.64. The van der Waals surface area contributed by atoms with E-state index in [9.17, 15) is 9.59 Å². The van der Waals surface area contributed by atoms with E-state index in [2.05, 4.69) is 10.0 Å². The molecule has 0 saturated carbocycles. The van der Waals surface area contributed by atoms with Crippen molar-refractivity contribution < 1.29 is 19.4 Å². The molecule has 0 spiro atoms. The third-order valence-corrected chi connectivity index (χ3v) is 3.80. The van der Waals surface area contributed by atoms with Crippen LogP contribution in [0.1, 0.15) is 12.8 Å². The van der Waals surface area contributed by atoms with E-state index in [4.69, 9.17) is 15.4 Å². The van der Waals surface area contributed by atoms with Gasteiger partial charge in [0.2, 0.25) is 0 Å². The standard InChI is InChI=1S/C8H13N3O4S2/c9-11-10-3-4-15-8(14)2-6-17-16-5-1-7(12)13/h1-6H2,(H,12,13). The van der Waals surface area contributed by atoms with E-state index >= 15 is 0 Å². The lowest BCUT2D eigenvalue weighted by Crippen LogP contribution is -2.08. The van der Waals surface area contributed by atoms with Gasteiger partial charge in [-0.05, 0) is 5.53 Å². The van der Waals surface area contributed by atoms with Gasteiger partial charge < -0.3 is 9.84 Å². The molecule has 0 aliphatic heterocycles. The quantitative estimate of drug-likeness (QED) is 0.164. The number of ether oxygens (including phenoxy) is 1. The second-order valence-corrected chi connectivity index (χ2v) is 5.41. The summed E-state index contributed by atoms with van der Waals surface area (Å²) in [5.74, 6) is -0.0728. The van der Waals surface area contributed by atoms with E-state index < -0.39 is 5.97 Å². The van der Waals surface area contributed by atoms with Gasteiger partial charge in [-0.1, -0.05) is 26.7 Å². The summed E-state index contributed by atoms with van der Waals surface area (Å²) in [6, 6.07) is 0. The van der Waals surface area contributed by atoms with Crippen LogP contribution in [0.2, 0.25) is 0 Å². The van der Waals surface area contributed by atoms with Crippen molar-refractivity contribution >= 4 is 33.5 Å². The molecule has 0 aromatic heterocycles. The van der Waals surface area contributed by atoms with Gasteiger partial charge in [0.1, 0.15) is 0 Å². The lowest BCUT2D eigenvalue weighted by atomic mass is 10.5. The van der Waals surface area contributed by atoms with E-state index in [0.29, 0.717) is 11.5 Å². The maximum Gasteiger partial charge on any atom is 0.306 e. The van der Waals surface area contributed by atoms with Gasteiger partial charge in [0.15, 0.2) is 0 Å². The number of azide groups is 1. The van der Waals surface area contributed by atoms with Crippen LogP contribution < -0.4 is 0 Å². The Labute approximate surface area is 106 Å². The summed E-state index contributed by atoms with van der Waals surface area (Å²) >= 11 is 0. The minimum Gasteiger partial charge on any atom is -0.481 e. The van der Waals surface area contributed by atoms with Crippen molar-refractivity contribution in [1.82, 2.24) is 0 Å². The summed E-state index contributed by atoms with van der Waals surface area (Å²) in [5.41, 5.74) is 7.96. The molecule has 0 heterocycles. The Morgan fingerprint density at radius 3 is 2.53 bits per heavy atom. The van der Waals surface area contributed by atoms with Gasteiger partial charge in [-0.2, -0.15) is 0 Å². The molecule has 0 atom stereocenters. The maximum atomic E-state index is 11.1. The molecule has 0 aromatic carbocycles. The molecule has 9 heteroatoms. The molecule has 0 bridgehead atoms. The molecule has 0 unspecified atom stereocenters. The normalized spacial score (nSPS) is 9.41. The van der Waals surface area contributed by atoms with Gasteiger partial charge in [-0.25, -0.2) is 0 Å². The van der Waals surface area contributed by atoms with Crippen LogP contribution >= 0.6 is 21.6 Å². The molecule has 0 amide bonds. The van der Waals surface area contributed by atoms with Gasteiger partial charge in [-0.15, -0.1) is 0 Å². The molecule has 1 N–H and O–H groups in total. The van der Waals surface area contributed by atoms with E-state index in [0.717, 1.165) is 0 Å². The number of hydrogen-bond acceptors (Lipinski definition) is 6. The minimum absolute atomic E-state index is 0.0969. The van der Waals surface area contributed by atoms with E-state index in [1.165, 1.54) is 21.6 Å². The van der Waals surface area contributed by atoms with E-state index in [-0.39, 0.29) is 32.0 Å². The molecule has 0 fully saturated rings. The van der Waals surface area contributed by atoms with Crippen molar-refractivity contribution in [2.75, 3.05) is 24.7 Å². The Kier molecular flexibility index (Phi) is 10.7. The largest absolute Gasteiger partial charge is 0.481 e. The number of esters is 1. The average molecular weight is 279 g/mol. The van der Waals surface area contributed by atoms with Gasteiger partial charge in [0, 0.05) is 16.4 Å². The Balaban J connectivity index is 3.27. The van der Waals surface area contributed by atoms with Crippen LogP contribution in [-0.4, -0.2) is 41.7 Å². The zero-order valence-corrected chi connectivity index (χ0v) is 10.7. The smallest absolute Gasteiger partial charge is 0.306 e. The molecule has 0 aromatic rings. The molecule has 17 heavy (non-hydrogen) atoms. The van der Waals surface area contributed by atoms with Gasteiger partial charge in [-0.3, -0.25) is 9.59 Å². The summed E-state index contributed by atoms with van der Waals surface area (Å²) in [7, 11) is 2.85. The summed E-state index contributed by atoms with van der Waals surface area (Å²) in [6.45, 7) is 0.239. The number of hydrogen-bond donors (Lipinski definition) is 1. The van der Waals surface area contributed by atoms with Crippen molar-refractivity contribution in [3.8, 4) is 0 Å². The van der Waals surface area contributed by atoms with Crippen molar-refractivity contribution in [2.45, 2.75) is 12.8 Å². The predicted octanol–water partition coefficient (Wildman–Crippen LogP) is 2.09. The molecule has 0 saturated heterocycles. The highest BCUT2D eigenvalue weighted by atomic mass is 33.1. The van der Waals surface area contributed by atoms with Crippen LogP contribution in [0.25, 0.3) is 10.4 Å². The van der Waals surface area contributed by atoms with Gasteiger partial charge in [0.05, 0.1) is 26.0 Å². The summed E-state index contributed by atoms with van der Waals surface area (Å²) in [6.07, 6.45) is 0.384. The highest BCUT2D eigenvalue weighted by Gasteiger charge is 2.03. The molecular weight excluding hydrogens is 266 g/mol. The zero-order chi connectivity index (χ0) is 12.9. The summed E-state index contributed by atoms with van der Waals surface area (Å²) in [4.78, 5) is 23.8. The molecule has 7 nitrogen and oxygen atoms in total.